The Labute approximate surface area is 285 Å². The molecule has 4 aromatic carbocycles. The summed E-state index contributed by atoms with van der Waals surface area (Å²) in [7, 11) is 0. The average Bonchev–Trinajstić information content (AvgIpc) is 3.01. The predicted molar refractivity (Wildman–Crippen MR) is 197 cm³/mol. The van der Waals surface area contributed by atoms with Gasteiger partial charge in [-0.15, -0.1) is 0 Å². The monoisotopic (exact) mass is 684 g/mol. The largest absolute Gasteiger partial charge is 0.490 e. The molecule has 0 bridgehead atoms. The van der Waals surface area contributed by atoms with Gasteiger partial charge in [0, 0.05) is 10.0 Å². The molecule has 6 rings (SSSR count). The van der Waals surface area contributed by atoms with Crippen LogP contribution >= 0.6 is 15.9 Å². The highest BCUT2D eigenvalue weighted by Gasteiger charge is 2.31. The van der Waals surface area contributed by atoms with E-state index in [1.54, 1.807) is 6.92 Å². The summed E-state index contributed by atoms with van der Waals surface area (Å²) in [5.74, 6) is 3.69. The van der Waals surface area contributed by atoms with Crippen LogP contribution in [0.15, 0.2) is 77.3 Å². The maximum absolute atomic E-state index is 11.5. The Hall–Kier alpha value is -2.85. The molecule has 0 saturated heterocycles. The minimum Gasteiger partial charge on any atom is -0.490 e. The molecule has 0 amide bonds. The van der Waals surface area contributed by atoms with Gasteiger partial charge >= 0.3 is 0 Å². The zero-order valence-electron chi connectivity index (χ0n) is 29.0. The van der Waals surface area contributed by atoms with Crippen molar-refractivity contribution in [3.63, 3.8) is 0 Å². The number of carbonyl (C=O) groups is 1. The standard InChI is InChI=1S/C22H28O2.C20H25BrO/c1-15(23)16-5-6-18-14-21(10-7-17(18)13-16)24-20-11-8-19(9-12-20)22(2,3)4;1-20(2,3)16-6-10-18(11-7-16)22-19-9-5-14-12-17(21)8-4-15(14)13-19/h5-7,10,13-14,19-20H,8-9,11-12H2,1-4H3;4-5,8-9,12-13,16,18H,6-7,10-11H2,1-3H3. The Balaban J connectivity index is 0.000000182. The van der Waals surface area contributed by atoms with Gasteiger partial charge in [0.1, 0.15) is 11.5 Å². The summed E-state index contributed by atoms with van der Waals surface area (Å²) in [5, 5.41) is 4.70. The number of rotatable bonds is 5. The lowest BCUT2D eigenvalue weighted by Crippen LogP contribution is -2.30. The van der Waals surface area contributed by atoms with Crippen molar-refractivity contribution >= 4 is 43.3 Å². The van der Waals surface area contributed by atoms with Crippen molar-refractivity contribution in [3.05, 3.63) is 82.8 Å². The van der Waals surface area contributed by atoms with Gasteiger partial charge in [-0.1, -0.05) is 87.8 Å². The van der Waals surface area contributed by atoms with Crippen LogP contribution in [0.2, 0.25) is 0 Å². The average molecular weight is 686 g/mol. The van der Waals surface area contributed by atoms with Gasteiger partial charge < -0.3 is 9.47 Å². The summed E-state index contributed by atoms with van der Waals surface area (Å²) in [6.07, 6.45) is 10.4. The second kappa shape index (κ2) is 14.5. The number of halogens is 1. The maximum atomic E-state index is 11.5. The van der Waals surface area contributed by atoms with Gasteiger partial charge in [0.15, 0.2) is 5.78 Å². The van der Waals surface area contributed by atoms with Crippen LogP contribution in [0.3, 0.4) is 0 Å². The topological polar surface area (TPSA) is 35.5 Å². The van der Waals surface area contributed by atoms with Crippen LogP contribution in [-0.4, -0.2) is 18.0 Å². The Bertz CT molecular complexity index is 1630. The highest BCUT2D eigenvalue weighted by molar-refractivity contribution is 9.10. The maximum Gasteiger partial charge on any atom is 0.159 e. The number of ether oxygens (including phenoxy) is 2. The molecule has 0 atom stereocenters. The van der Waals surface area contributed by atoms with Crippen molar-refractivity contribution in [2.75, 3.05) is 0 Å². The molecule has 0 spiro atoms. The van der Waals surface area contributed by atoms with Crippen LogP contribution in [-0.2, 0) is 0 Å². The molecular formula is C42H53BrO3. The van der Waals surface area contributed by atoms with Crippen LogP contribution in [0.25, 0.3) is 21.5 Å². The minimum atomic E-state index is 0.104. The first kappa shape index (κ1) is 34.5. The molecule has 0 aromatic heterocycles. The quantitative estimate of drug-likeness (QED) is 0.196. The van der Waals surface area contributed by atoms with E-state index >= 15 is 0 Å². The summed E-state index contributed by atoms with van der Waals surface area (Å²) < 4.78 is 13.6. The third-order valence-electron chi connectivity index (χ3n) is 10.4. The lowest BCUT2D eigenvalue weighted by atomic mass is 9.72. The third kappa shape index (κ3) is 9.15. The summed E-state index contributed by atoms with van der Waals surface area (Å²) in [5.41, 5.74) is 1.60. The number of carbonyl (C=O) groups excluding carboxylic acids is 1. The highest BCUT2D eigenvalue weighted by Crippen LogP contribution is 2.40. The molecule has 0 radical (unpaired) electrons. The van der Waals surface area contributed by atoms with Gasteiger partial charge in [-0.3, -0.25) is 4.79 Å². The molecule has 2 fully saturated rings. The first-order valence-electron chi connectivity index (χ1n) is 17.3. The highest BCUT2D eigenvalue weighted by atomic mass is 79.9. The minimum absolute atomic E-state index is 0.104. The van der Waals surface area contributed by atoms with E-state index in [0.29, 0.717) is 23.0 Å². The first-order chi connectivity index (χ1) is 21.7. The molecule has 4 heteroatoms. The van der Waals surface area contributed by atoms with Gasteiger partial charge in [0.25, 0.3) is 0 Å². The van der Waals surface area contributed by atoms with E-state index in [9.17, 15) is 4.79 Å². The lowest BCUT2D eigenvalue weighted by Gasteiger charge is -2.37. The first-order valence-corrected chi connectivity index (χ1v) is 18.1. The van der Waals surface area contributed by atoms with Gasteiger partial charge in [-0.2, -0.15) is 0 Å². The molecule has 2 aliphatic rings. The number of fused-ring (bicyclic) bond motifs is 2. The smallest absolute Gasteiger partial charge is 0.159 e. The number of hydrogen-bond acceptors (Lipinski definition) is 3. The second-order valence-electron chi connectivity index (χ2n) is 15.8. The molecule has 3 nitrogen and oxygen atoms in total. The van der Waals surface area contributed by atoms with Gasteiger partial charge in [0.2, 0.25) is 0 Å². The predicted octanol–water partition coefficient (Wildman–Crippen LogP) is 12.6. The van der Waals surface area contributed by atoms with Crippen molar-refractivity contribution in [3.8, 4) is 11.5 Å². The van der Waals surface area contributed by atoms with Crippen molar-refractivity contribution in [1.82, 2.24) is 0 Å². The Morgan fingerprint density at radius 2 is 0.957 bits per heavy atom. The second-order valence-corrected chi connectivity index (χ2v) is 16.8. The van der Waals surface area contributed by atoms with E-state index in [0.717, 1.165) is 57.0 Å². The fourth-order valence-corrected chi connectivity index (χ4v) is 7.64. The van der Waals surface area contributed by atoms with Crippen LogP contribution in [0, 0.1) is 22.7 Å². The van der Waals surface area contributed by atoms with E-state index < -0.39 is 0 Å². The molecule has 4 aromatic rings. The molecule has 2 aliphatic carbocycles. The van der Waals surface area contributed by atoms with Crippen LogP contribution < -0.4 is 9.47 Å². The van der Waals surface area contributed by atoms with Crippen LogP contribution in [0.4, 0.5) is 0 Å². The van der Waals surface area contributed by atoms with Crippen LogP contribution in [0.5, 0.6) is 11.5 Å². The zero-order chi connectivity index (χ0) is 33.1. The fourth-order valence-electron chi connectivity index (χ4n) is 7.26. The molecular weight excluding hydrogens is 632 g/mol. The van der Waals surface area contributed by atoms with E-state index in [4.69, 9.17) is 9.47 Å². The normalized spacial score (nSPS) is 22.2. The third-order valence-corrected chi connectivity index (χ3v) is 10.9. The lowest BCUT2D eigenvalue weighted by molar-refractivity contribution is 0.0881. The SMILES string of the molecule is CC(=O)c1ccc2cc(OC3CCC(C(C)(C)C)CC3)ccc2c1.CC(C)(C)C1CCC(Oc2ccc3cc(Br)ccc3c2)CC1. The molecule has 246 valence electrons. The summed E-state index contributed by atoms with van der Waals surface area (Å²) in [6.45, 7) is 15.7. The van der Waals surface area contributed by atoms with E-state index in [2.05, 4.69) is 106 Å². The van der Waals surface area contributed by atoms with Gasteiger partial charge in [-0.25, -0.2) is 0 Å². The van der Waals surface area contributed by atoms with Crippen molar-refractivity contribution in [2.45, 2.75) is 112 Å². The van der Waals surface area contributed by atoms with Crippen molar-refractivity contribution in [1.29, 1.82) is 0 Å². The number of hydrogen-bond donors (Lipinski definition) is 0. The zero-order valence-corrected chi connectivity index (χ0v) is 30.6. The Kier molecular flexibility index (Phi) is 10.9. The summed E-state index contributed by atoms with van der Waals surface area (Å²) >= 11 is 3.52. The number of ketones is 1. The Morgan fingerprint density at radius 3 is 1.39 bits per heavy atom. The van der Waals surface area contributed by atoms with E-state index in [-0.39, 0.29) is 5.78 Å². The number of Topliss-reactive ketones (excluding diaryl/α,β-unsaturated/α-hetero) is 1. The van der Waals surface area contributed by atoms with Gasteiger partial charge in [0.05, 0.1) is 12.2 Å². The number of benzene rings is 4. The fraction of sp³-hybridized carbons (Fsp3) is 0.500. The molecule has 0 aliphatic heterocycles. The molecule has 0 heterocycles. The van der Waals surface area contributed by atoms with E-state index in [1.165, 1.54) is 49.3 Å². The molecule has 2 saturated carbocycles. The van der Waals surface area contributed by atoms with Crippen molar-refractivity contribution < 1.29 is 14.3 Å². The van der Waals surface area contributed by atoms with Gasteiger partial charge in [-0.05, 0) is 145 Å². The molecule has 46 heavy (non-hydrogen) atoms. The summed E-state index contributed by atoms with van der Waals surface area (Å²) in [6, 6.07) is 24.8. The van der Waals surface area contributed by atoms with Crippen LogP contribution in [0.1, 0.15) is 110 Å². The molecule has 0 N–H and O–H groups in total. The Morgan fingerprint density at radius 1 is 0.565 bits per heavy atom. The van der Waals surface area contributed by atoms with Crippen molar-refractivity contribution in [2.24, 2.45) is 22.7 Å². The molecule has 0 unspecified atom stereocenters. The van der Waals surface area contributed by atoms with E-state index in [1.807, 2.05) is 24.3 Å². The summed E-state index contributed by atoms with van der Waals surface area (Å²) in [4.78, 5) is 11.5.